The molecule has 9 nitrogen and oxygen atoms in total. The lowest BCUT2D eigenvalue weighted by Gasteiger charge is -2.12. The average Bonchev–Trinajstić information content (AvgIpc) is 2.71. The fourth-order valence-electron chi connectivity index (χ4n) is 2.62. The molecule has 10 heteroatoms. The number of methoxy groups -OCH3 is 1. The summed E-state index contributed by atoms with van der Waals surface area (Å²) >= 11 is 6.16. The number of nitrogens with one attached hydrogen (secondary N) is 2. The van der Waals surface area contributed by atoms with Crippen molar-refractivity contribution in [3.63, 3.8) is 0 Å². The second-order valence-corrected chi connectivity index (χ2v) is 6.52. The van der Waals surface area contributed by atoms with Crippen LogP contribution in [0.25, 0.3) is 0 Å². The van der Waals surface area contributed by atoms with Gasteiger partial charge in [-0.05, 0) is 31.5 Å². The summed E-state index contributed by atoms with van der Waals surface area (Å²) in [4.78, 5) is 35.6. The molecule has 0 fully saturated rings. The van der Waals surface area contributed by atoms with E-state index in [1.165, 1.54) is 31.4 Å². The predicted octanol–water partition coefficient (Wildman–Crippen LogP) is 4.05. The Morgan fingerprint density at radius 3 is 2.40 bits per heavy atom. The summed E-state index contributed by atoms with van der Waals surface area (Å²) in [5, 5.41) is 16.9. The van der Waals surface area contributed by atoms with Gasteiger partial charge in [-0.15, -0.1) is 0 Å². The normalized spacial score (nSPS) is 10.3. The molecular formula is C20H22ClN3O6. The van der Waals surface area contributed by atoms with Gasteiger partial charge in [-0.3, -0.25) is 19.7 Å². The quantitative estimate of drug-likeness (QED) is 0.453. The van der Waals surface area contributed by atoms with E-state index in [1.54, 1.807) is 6.92 Å². The Bertz CT molecular complexity index is 964. The molecule has 2 aromatic rings. The molecule has 0 aromatic heterocycles. The van der Waals surface area contributed by atoms with E-state index < -0.39 is 16.5 Å². The minimum atomic E-state index is -0.734. The van der Waals surface area contributed by atoms with Crippen LogP contribution in [0.1, 0.15) is 41.0 Å². The van der Waals surface area contributed by atoms with Crippen molar-refractivity contribution in [1.82, 2.24) is 5.32 Å². The van der Waals surface area contributed by atoms with Crippen molar-refractivity contribution in [2.24, 2.45) is 0 Å². The average molecular weight is 436 g/mol. The number of nitrogens with zero attached hydrogens (tertiary/aromatic N) is 1. The van der Waals surface area contributed by atoms with Crippen molar-refractivity contribution in [1.29, 1.82) is 0 Å². The van der Waals surface area contributed by atoms with Crippen molar-refractivity contribution in [3.8, 4) is 11.5 Å². The Kier molecular flexibility index (Phi) is 7.99. The molecule has 0 heterocycles. The third kappa shape index (κ3) is 5.38. The van der Waals surface area contributed by atoms with Gasteiger partial charge in [0.05, 0.1) is 35.3 Å². The van der Waals surface area contributed by atoms with Gasteiger partial charge in [0.1, 0.15) is 5.56 Å². The van der Waals surface area contributed by atoms with E-state index in [2.05, 4.69) is 10.6 Å². The molecule has 160 valence electrons. The second-order valence-electron chi connectivity index (χ2n) is 6.11. The maximum atomic E-state index is 12.7. The number of nitro benzene ring substituents is 1. The Morgan fingerprint density at radius 2 is 1.83 bits per heavy atom. The summed E-state index contributed by atoms with van der Waals surface area (Å²) in [7, 11) is 1.37. The fraction of sp³-hybridized carbons (Fsp3) is 0.300. The zero-order valence-corrected chi connectivity index (χ0v) is 17.5. The van der Waals surface area contributed by atoms with Crippen LogP contribution in [-0.2, 0) is 0 Å². The highest BCUT2D eigenvalue weighted by Gasteiger charge is 2.25. The molecular weight excluding hydrogens is 414 g/mol. The molecule has 0 atom stereocenters. The summed E-state index contributed by atoms with van der Waals surface area (Å²) in [5.41, 5.74) is -0.101. The van der Waals surface area contributed by atoms with E-state index in [-0.39, 0.29) is 45.9 Å². The van der Waals surface area contributed by atoms with Crippen LogP contribution in [0.5, 0.6) is 11.5 Å². The molecule has 30 heavy (non-hydrogen) atoms. The first kappa shape index (κ1) is 23.0. The number of amides is 2. The Balaban J connectivity index is 2.32. The molecule has 0 aliphatic rings. The molecule has 0 bridgehead atoms. The number of ether oxygens (including phenoxy) is 2. The van der Waals surface area contributed by atoms with Crippen molar-refractivity contribution < 1.29 is 24.0 Å². The SMILES string of the molecule is CCCNC(=O)c1ccc(NC(=O)c2cc(OC)c(OCC)cc2[N+](=O)[O-])cc1Cl. The first-order valence-corrected chi connectivity index (χ1v) is 9.58. The Labute approximate surface area is 178 Å². The smallest absolute Gasteiger partial charge is 0.286 e. The summed E-state index contributed by atoms with van der Waals surface area (Å²) in [6.07, 6.45) is 0.780. The summed E-state index contributed by atoms with van der Waals surface area (Å²) in [6, 6.07) is 6.74. The molecule has 2 amide bonds. The van der Waals surface area contributed by atoms with Crippen LogP contribution in [0.4, 0.5) is 11.4 Å². The second kappa shape index (κ2) is 10.4. The zero-order chi connectivity index (χ0) is 22.3. The number of carbonyl (C=O) groups is 2. The summed E-state index contributed by atoms with van der Waals surface area (Å²) in [6.45, 7) is 4.43. The molecule has 2 rings (SSSR count). The summed E-state index contributed by atoms with van der Waals surface area (Å²) in [5.74, 6) is -0.712. The predicted molar refractivity (Wildman–Crippen MR) is 113 cm³/mol. The number of rotatable bonds is 9. The molecule has 0 aliphatic carbocycles. The van der Waals surface area contributed by atoms with Crippen LogP contribution in [0.2, 0.25) is 5.02 Å². The van der Waals surface area contributed by atoms with Gasteiger partial charge < -0.3 is 20.1 Å². The van der Waals surface area contributed by atoms with E-state index in [1.807, 2.05) is 6.92 Å². The van der Waals surface area contributed by atoms with Gasteiger partial charge in [-0.2, -0.15) is 0 Å². The van der Waals surface area contributed by atoms with Crippen molar-refractivity contribution >= 4 is 34.8 Å². The lowest BCUT2D eigenvalue weighted by molar-refractivity contribution is -0.385. The van der Waals surface area contributed by atoms with Gasteiger partial charge in [0.2, 0.25) is 0 Å². The zero-order valence-electron chi connectivity index (χ0n) is 16.8. The summed E-state index contributed by atoms with van der Waals surface area (Å²) < 4.78 is 10.5. The number of anilines is 1. The maximum Gasteiger partial charge on any atom is 0.286 e. The minimum absolute atomic E-state index is 0.139. The number of halogens is 1. The molecule has 0 spiro atoms. The van der Waals surface area contributed by atoms with Gasteiger partial charge in [0.15, 0.2) is 11.5 Å². The highest BCUT2D eigenvalue weighted by Crippen LogP contribution is 2.35. The van der Waals surface area contributed by atoms with Gasteiger partial charge in [-0.25, -0.2) is 0 Å². The van der Waals surface area contributed by atoms with E-state index in [0.717, 1.165) is 12.5 Å². The first-order valence-electron chi connectivity index (χ1n) is 9.20. The maximum absolute atomic E-state index is 12.7. The third-order valence-electron chi connectivity index (χ3n) is 4.03. The lowest BCUT2D eigenvalue weighted by Crippen LogP contribution is -2.24. The van der Waals surface area contributed by atoms with Gasteiger partial charge in [-0.1, -0.05) is 18.5 Å². The van der Waals surface area contributed by atoms with Gasteiger partial charge in [0, 0.05) is 18.3 Å². The van der Waals surface area contributed by atoms with Gasteiger partial charge >= 0.3 is 0 Å². The Morgan fingerprint density at radius 1 is 1.10 bits per heavy atom. The molecule has 0 radical (unpaired) electrons. The van der Waals surface area contributed by atoms with E-state index in [9.17, 15) is 19.7 Å². The first-order chi connectivity index (χ1) is 14.3. The molecule has 2 aromatic carbocycles. The third-order valence-corrected chi connectivity index (χ3v) is 4.34. The van der Waals surface area contributed by atoms with Gasteiger partial charge in [0.25, 0.3) is 17.5 Å². The highest BCUT2D eigenvalue weighted by atomic mass is 35.5. The minimum Gasteiger partial charge on any atom is -0.493 e. The fourth-order valence-corrected chi connectivity index (χ4v) is 2.89. The monoisotopic (exact) mass is 435 g/mol. The topological polar surface area (TPSA) is 120 Å². The van der Waals surface area contributed by atoms with Crippen LogP contribution >= 0.6 is 11.6 Å². The van der Waals surface area contributed by atoms with Crippen LogP contribution in [-0.4, -0.2) is 37.0 Å². The van der Waals surface area contributed by atoms with E-state index in [0.29, 0.717) is 6.54 Å². The van der Waals surface area contributed by atoms with Crippen molar-refractivity contribution in [3.05, 3.63) is 56.6 Å². The van der Waals surface area contributed by atoms with Crippen LogP contribution in [0, 0.1) is 10.1 Å². The number of carbonyl (C=O) groups excluding carboxylic acids is 2. The molecule has 0 unspecified atom stereocenters. The van der Waals surface area contributed by atoms with E-state index >= 15 is 0 Å². The largest absolute Gasteiger partial charge is 0.493 e. The van der Waals surface area contributed by atoms with Crippen molar-refractivity contribution in [2.45, 2.75) is 20.3 Å². The standard InChI is InChI=1S/C20H22ClN3O6/c1-4-8-22-19(25)13-7-6-12(9-15(13)21)23-20(26)14-10-17(29-3)18(30-5-2)11-16(14)24(27)28/h6-7,9-11H,4-5,8H2,1-3H3,(H,22,25)(H,23,26). The van der Waals surface area contributed by atoms with Crippen LogP contribution in [0.15, 0.2) is 30.3 Å². The lowest BCUT2D eigenvalue weighted by atomic mass is 10.1. The number of hydrogen-bond acceptors (Lipinski definition) is 6. The number of nitro groups is 1. The molecule has 2 N–H and O–H groups in total. The Hall–Kier alpha value is -3.33. The van der Waals surface area contributed by atoms with Crippen molar-refractivity contribution in [2.75, 3.05) is 25.6 Å². The number of hydrogen-bond donors (Lipinski definition) is 2. The molecule has 0 aliphatic heterocycles. The molecule has 0 saturated carbocycles. The molecule has 0 saturated heterocycles. The number of benzene rings is 2. The van der Waals surface area contributed by atoms with Crippen LogP contribution in [0.3, 0.4) is 0 Å². The van der Waals surface area contributed by atoms with E-state index in [4.69, 9.17) is 21.1 Å². The van der Waals surface area contributed by atoms with Crippen LogP contribution < -0.4 is 20.1 Å². The highest BCUT2D eigenvalue weighted by molar-refractivity contribution is 6.34.